The SMILES string of the molecule is CC[C@H]1C[C@@H]2C(=O)N(Cc3cccs3)C(=O)[C@@H]2[C@@H]2C[C@@H](c3cc(C)c(O)c(C)c3)O[C@]12O. The Balaban J connectivity index is 1.49. The summed E-state index contributed by atoms with van der Waals surface area (Å²) in [5.74, 6) is -3.08. The van der Waals surface area contributed by atoms with Gasteiger partial charge in [0.1, 0.15) is 5.75 Å². The molecule has 2 amide bonds. The number of carbonyl (C=O) groups excluding carboxylic acids is 2. The minimum absolute atomic E-state index is 0.117. The lowest BCUT2D eigenvalue weighted by molar-refractivity contribution is -0.269. The van der Waals surface area contributed by atoms with Crippen molar-refractivity contribution in [1.82, 2.24) is 4.90 Å². The first-order chi connectivity index (χ1) is 15.2. The highest BCUT2D eigenvalue weighted by molar-refractivity contribution is 7.09. The highest BCUT2D eigenvalue weighted by Gasteiger charge is 2.66. The van der Waals surface area contributed by atoms with Gasteiger partial charge < -0.3 is 14.9 Å². The number of aliphatic hydroxyl groups is 1. The molecule has 7 heteroatoms. The van der Waals surface area contributed by atoms with Gasteiger partial charge in [0, 0.05) is 16.7 Å². The number of imide groups is 1. The van der Waals surface area contributed by atoms with E-state index in [0.717, 1.165) is 21.6 Å². The quantitative estimate of drug-likeness (QED) is 0.679. The molecule has 0 spiro atoms. The van der Waals surface area contributed by atoms with Crippen LogP contribution in [-0.4, -0.2) is 32.7 Å². The zero-order chi connectivity index (χ0) is 22.8. The van der Waals surface area contributed by atoms with E-state index in [1.54, 1.807) is 0 Å². The predicted octanol–water partition coefficient (Wildman–Crippen LogP) is 4.07. The van der Waals surface area contributed by atoms with Crippen molar-refractivity contribution in [3.05, 3.63) is 51.2 Å². The molecule has 3 fully saturated rings. The van der Waals surface area contributed by atoms with Crippen molar-refractivity contribution in [2.75, 3.05) is 0 Å². The van der Waals surface area contributed by atoms with E-state index < -0.39 is 23.5 Å². The van der Waals surface area contributed by atoms with Crippen LogP contribution in [0.5, 0.6) is 5.75 Å². The summed E-state index contributed by atoms with van der Waals surface area (Å²) in [6.07, 6.45) is 1.22. The van der Waals surface area contributed by atoms with E-state index in [0.29, 0.717) is 25.8 Å². The molecule has 6 atom stereocenters. The minimum Gasteiger partial charge on any atom is -0.507 e. The van der Waals surface area contributed by atoms with E-state index in [1.165, 1.54) is 16.2 Å². The normalized spacial score (nSPS) is 34.1. The lowest BCUT2D eigenvalue weighted by atomic mass is 9.64. The number of aryl methyl sites for hydroxylation is 2. The zero-order valence-corrected chi connectivity index (χ0v) is 19.4. The number of likely N-dealkylation sites (tertiary alicyclic amines) is 1. The van der Waals surface area contributed by atoms with E-state index in [4.69, 9.17) is 4.74 Å². The Morgan fingerprint density at radius 3 is 2.53 bits per heavy atom. The summed E-state index contributed by atoms with van der Waals surface area (Å²) in [4.78, 5) is 29.1. The maximum absolute atomic E-state index is 13.5. The van der Waals surface area contributed by atoms with Crippen LogP contribution in [0.2, 0.25) is 0 Å². The van der Waals surface area contributed by atoms with E-state index in [-0.39, 0.29) is 29.6 Å². The summed E-state index contributed by atoms with van der Waals surface area (Å²) in [6.45, 7) is 5.98. The van der Waals surface area contributed by atoms with Gasteiger partial charge in [-0.1, -0.05) is 13.0 Å². The second kappa shape index (κ2) is 7.68. The number of phenolic OH excluding ortho intramolecular Hbond substituents is 1. The second-order valence-corrected chi connectivity index (χ2v) is 10.6. The number of rotatable bonds is 4. The van der Waals surface area contributed by atoms with Gasteiger partial charge in [-0.25, -0.2) is 0 Å². The van der Waals surface area contributed by atoms with Gasteiger partial charge in [0.2, 0.25) is 11.8 Å². The van der Waals surface area contributed by atoms with Gasteiger partial charge in [0.15, 0.2) is 5.79 Å². The summed E-state index contributed by atoms with van der Waals surface area (Å²) < 4.78 is 6.32. The Hall–Kier alpha value is -2.22. The van der Waals surface area contributed by atoms with Crippen LogP contribution in [0.1, 0.15) is 53.9 Å². The number of carbonyl (C=O) groups is 2. The molecule has 0 bridgehead atoms. The van der Waals surface area contributed by atoms with E-state index in [9.17, 15) is 19.8 Å². The van der Waals surface area contributed by atoms with E-state index >= 15 is 0 Å². The Bertz CT molecular complexity index is 1040. The van der Waals surface area contributed by atoms with Crippen molar-refractivity contribution in [3.63, 3.8) is 0 Å². The average Bonchev–Trinajstić information content (AvgIpc) is 3.45. The third-order valence-corrected chi connectivity index (χ3v) is 8.59. The standard InChI is InChI=1S/C25H29NO5S/c1-4-16-10-18-21(24(29)26(23(18)28)12-17-6-5-7-32-17)19-11-20(31-25(16,19)30)15-8-13(2)22(27)14(3)9-15/h5-9,16,18-21,27,30H,4,10-12H2,1-3H3/t16-,18-,19-,20-,21-,25+/m0/s1. The fourth-order valence-corrected chi connectivity index (χ4v) is 6.80. The molecule has 0 unspecified atom stereocenters. The number of hydrogen-bond donors (Lipinski definition) is 2. The molecule has 3 heterocycles. The largest absolute Gasteiger partial charge is 0.507 e. The smallest absolute Gasteiger partial charge is 0.233 e. The molecule has 170 valence electrons. The lowest BCUT2D eigenvalue weighted by Gasteiger charge is -2.44. The molecule has 1 aromatic heterocycles. The van der Waals surface area contributed by atoms with Crippen LogP contribution in [0.3, 0.4) is 0 Å². The Labute approximate surface area is 191 Å². The Morgan fingerprint density at radius 1 is 1.19 bits per heavy atom. The van der Waals surface area contributed by atoms with Crippen molar-refractivity contribution >= 4 is 23.2 Å². The lowest BCUT2D eigenvalue weighted by Crippen LogP contribution is -2.53. The molecular formula is C25H29NO5S. The fraction of sp³-hybridized carbons (Fsp3) is 0.520. The number of phenols is 1. The van der Waals surface area contributed by atoms with Crippen LogP contribution >= 0.6 is 11.3 Å². The molecule has 1 saturated carbocycles. The number of nitrogens with zero attached hydrogens (tertiary/aromatic N) is 1. The number of hydrogen-bond acceptors (Lipinski definition) is 6. The first kappa shape index (κ1) is 21.6. The van der Waals surface area contributed by atoms with Crippen LogP contribution in [0, 0.1) is 37.5 Å². The molecular weight excluding hydrogens is 426 g/mol. The molecule has 2 aromatic rings. The molecule has 6 nitrogen and oxygen atoms in total. The molecule has 1 aromatic carbocycles. The van der Waals surface area contributed by atoms with Crippen molar-refractivity contribution in [2.24, 2.45) is 23.7 Å². The molecule has 2 saturated heterocycles. The van der Waals surface area contributed by atoms with Gasteiger partial charge in [-0.2, -0.15) is 0 Å². The number of amides is 2. The van der Waals surface area contributed by atoms with Crippen molar-refractivity contribution in [3.8, 4) is 5.75 Å². The first-order valence-electron chi connectivity index (χ1n) is 11.3. The monoisotopic (exact) mass is 455 g/mol. The fourth-order valence-electron chi connectivity index (χ4n) is 6.11. The molecule has 2 aliphatic heterocycles. The molecule has 0 radical (unpaired) electrons. The molecule has 32 heavy (non-hydrogen) atoms. The average molecular weight is 456 g/mol. The molecule has 3 aliphatic rings. The Morgan fingerprint density at radius 2 is 1.91 bits per heavy atom. The van der Waals surface area contributed by atoms with Gasteiger partial charge >= 0.3 is 0 Å². The maximum Gasteiger partial charge on any atom is 0.233 e. The van der Waals surface area contributed by atoms with Gasteiger partial charge in [0.05, 0.1) is 24.5 Å². The van der Waals surface area contributed by atoms with Crippen LogP contribution in [0.4, 0.5) is 0 Å². The third-order valence-electron chi connectivity index (χ3n) is 7.73. The van der Waals surface area contributed by atoms with Crippen LogP contribution in [-0.2, 0) is 20.9 Å². The van der Waals surface area contributed by atoms with Crippen molar-refractivity contribution in [2.45, 2.75) is 58.5 Å². The predicted molar refractivity (Wildman–Crippen MR) is 120 cm³/mol. The maximum atomic E-state index is 13.5. The molecule has 5 rings (SSSR count). The number of ether oxygens (including phenoxy) is 1. The number of aromatic hydroxyl groups is 1. The second-order valence-electron chi connectivity index (χ2n) is 9.52. The highest BCUT2D eigenvalue weighted by atomic mass is 32.1. The van der Waals surface area contributed by atoms with Gasteiger partial charge in [-0.05, 0) is 73.4 Å². The summed E-state index contributed by atoms with van der Waals surface area (Å²) in [5.41, 5.74) is 2.40. The summed E-state index contributed by atoms with van der Waals surface area (Å²) in [5, 5.41) is 23.8. The van der Waals surface area contributed by atoms with Gasteiger partial charge in [-0.15, -0.1) is 11.3 Å². The minimum atomic E-state index is -1.44. The molecule has 2 N–H and O–H groups in total. The van der Waals surface area contributed by atoms with Crippen LogP contribution in [0.25, 0.3) is 0 Å². The number of thiophene rings is 1. The summed E-state index contributed by atoms with van der Waals surface area (Å²) in [6, 6.07) is 7.62. The zero-order valence-electron chi connectivity index (χ0n) is 18.6. The number of benzene rings is 1. The van der Waals surface area contributed by atoms with E-state index in [2.05, 4.69) is 0 Å². The van der Waals surface area contributed by atoms with Crippen molar-refractivity contribution in [1.29, 1.82) is 0 Å². The first-order valence-corrected chi connectivity index (χ1v) is 12.2. The highest BCUT2D eigenvalue weighted by Crippen LogP contribution is 2.59. The van der Waals surface area contributed by atoms with Gasteiger partial charge in [0.25, 0.3) is 0 Å². The number of fused-ring (bicyclic) bond motifs is 3. The Kier molecular flexibility index (Phi) is 5.19. The van der Waals surface area contributed by atoms with E-state index in [1.807, 2.05) is 50.4 Å². The van der Waals surface area contributed by atoms with Crippen molar-refractivity contribution < 1.29 is 24.5 Å². The topological polar surface area (TPSA) is 87.1 Å². The van der Waals surface area contributed by atoms with Crippen LogP contribution < -0.4 is 0 Å². The summed E-state index contributed by atoms with van der Waals surface area (Å²) >= 11 is 1.53. The van der Waals surface area contributed by atoms with Crippen LogP contribution in [0.15, 0.2) is 29.6 Å². The third kappa shape index (κ3) is 3.13. The summed E-state index contributed by atoms with van der Waals surface area (Å²) in [7, 11) is 0. The molecule has 1 aliphatic carbocycles. The van der Waals surface area contributed by atoms with Gasteiger partial charge in [-0.3, -0.25) is 14.5 Å².